The highest BCUT2D eigenvalue weighted by molar-refractivity contribution is 7.09. The van der Waals surface area contributed by atoms with E-state index in [4.69, 9.17) is 0 Å². The minimum absolute atomic E-state index is 0.191. The Kier molecular flexibility index (Phi) is 4.60. The van der Waals surface area contributed by atoms with Crippen molar-refractivity contribution >= 4 is 17.2 Å². The van der Waals surface area contributed by atoms with Crippen LogP contribution in [0.5, 0.6) is 0 Å². The van der Waals surface area contributed by atoms with Crippen molar-refractivity contribution in [3.8, 4) is 0 Å². The normalized spacial score (nSPS) is 20.9. The monoisotopic (exact) mass is 383 g/mol. The molecule has 0 unspecified atom stereocenters. The SMILES string of the molecule is FC(F)(F)c1cc(NC2CC3(CCN(Cc4nccs4)CC3)C2)ncn1. The third kappa shape index (κ3) is 3.83. The van der Waals surface area contributed by atoms with E-state index in [0.29, 0.717) is 5.41 Å². The molecule has 4 rings (SSSR count). The fourth-order valence-electron chi connectivity index (χ4n) is 4.00. The fraction of sp³-hybridized carbons (Fsp3) is 0.588. The zero-order valence-corrected chi connectivity index (χ0v) is 15.0. The van der Waals surface area contributed by atoms with Crippen LogP contribution < -0.4 is 5.32 Å². The number of hydrogen-bond acceptors (Lipinski definition) is 6. The number of nitrogens with zero attached hydrogens (tertiary/aromatic N) is 4. The van der Waals surface area contributed by atoms with Crippen LogP contribution in [0, 0.1) is 5.41 Å². The predicted octanol–water partition coefficient (Wildman–Crippen LogP) is 3.81. The number of aromatic nitrogens is 3. The maximum absolute atomic E-state index is 12.7. The highest BCUT2D eigenvalue weighted by Gasteiger charge is 2.46. The molecule has 2 aromatic rings. The van der Waals surface area contributed by atoms with E-state index in [-0.39, 0.29) is 11.9 Å². The van der Waals surface area contributed by atoms with E-state index in [2.05, 4.69) is 25.2 Å². The zero-order chi connectivity index (χ0) is 18.2. The lowest BCUT2D eigenvalue weighted by atomic mass is 9.60. The van der Waals surface area contributed by atoms with E-state index >= 15 is 0 Å². The van der Waals surface area contributed by atoms with Gasteiger partial charge >= 0.3 is 6.18 Å². The molecule has 1 aliphatic heterocycles. The molecule has 0 atom stereocenters. The summed E-state index contributed by atoms with van der Waals surface area (Å²) < 4.78 is 38.2. The van der Waals surface area contributed by atoms with Gasteiger partial charge in [-0.3, -0.25) is 4.90 Å². The number of nitrogens with one attached hydrogen (secondary N) is 1. The first-order valence-corrected chi connectivity index (χ1v) is 9.56. The minimum Gasteiger partial charge on any atom is -0.367 e. The van der Waals surface area contributed by atoms with Crippen LogP contribution in [-0.4, -0.2) is 39.0 Å². The largest absolute Gasteiger partial charge is 0.433 e. The molecule has 1 spiro atoms. The Labute approximate surface area is 153 Å². The Morgan fingerprint density at radius 1 is 1.19 bits per heavy atom. The summed E-state index contributed by atoms with van der Waals surface area (Å²) in [5.41, 5.74) is -0.573. The third-order valence-electron chi connectivity index (χ3n) is 5.43. The van der Waals surface area contributed by atoms with Gasteiger partial charge in [-0.15, -0.1) is 11.3 Å². The van der Waals surface area contributed by atoms with Crippen LogP contribution in [0.2, 0.25) is 0 Å². The van der Waals surface area contributed by atoms with Crippen LogP contribution in [0.4, 0.5) is 19.0 Å². The van der Waals surface area contributed by atoms with Gasteiger partial charge in [-0.1, -0.05) is 0 Å². The quantitative estimate of drug-likeness (QED) is 0.870. The summed E-state index contributed by atoms with van der Waals surface area (Å²) in [5.74, 6) is 0.258. The van der Waals surface area contributed by atoms with E-state index in [1.165, 1.54) is 0 Å². The second-order valence-corrected chi connectivity index (χ2v) is 8.22. The number of anilines is 1. The van der Waals surface area contributed by atoms with Crippen LogP contribution in [0.3, 0.4) is 0 Å². The molecule has 5 nitrogen and oxygen atoms in total. The topological polar surface area (TPSA) is 53.9 Å². The van der Waals surface area contributed by atoms with Crippen molar-refractivity contribution in [1.82, 2.24) is 19.9 Å². The van der Waals surface area contributed by atoms with Gasteiger partial charge in [-0.25, -0.2) is 15.0 Å². The van der Waals surface area contributed by atoms with Crippen LogP contribution in [-0.2, 0) is 12.7 Å². The van der Waals surface area contributed by atoms with Crippen molar-refractivity contribution in [2.24, 2.45) is 5.41 Å². The van der Waals surface area contributed by atoms with Crippen LogP contribution in [0.25, 0.3) is 0 Å². The standard InChI is InChI=1S/C17H20F3N5S/c18-17(19,20)13-7-14(23-11-22-13)24-12-8-16(9-12)1-4-25(5-2-16)10-15-21-3-6-26-15/h3,6-7,11-12H,1-2,4-5,8-10H2,(H,22,23,24). The Hall–Kier alpha value is -1.74. The Balaban J connectivity index is 1.27. The molecule has 1 N–H and O–H groups in total. The number of thiazole rings is 1. The van der Waals surface area contributed by atoms with Crippen molar-refractivity contribution in [3.63, 3.8) is 0 Å². The Morgan fingerprint density at radius 3 is 2.62 bits per heavy atom. The zero-order valence-electron chi connectivity index (χ0n) is 14.2. The van der Waals surface area contributed by atoms with Gasteiger partial charge in [-0.05, 0) is 44.2 Å². The second kappa shape index (κ2) is 6.77. The molecule has 0 amide bonds. The summed E-state index contributed by atoms with van der Waals surface area (Å²) >= 11 is 1.69. The Bertz CT molecular complexity index is 733. The van der Waals surface area contributed by atoms with Gasteiger partial charge < -0.3 is 5.32 Å². The molecule has 1 aliphatic carbocycles. The summed E-state index contributed by atoms with van der Waals surface area (Å²) in [6.07, 6.45) is 2.61. The molecule has 1 saturated heterocycles. The molecule has 3 heterocycles. The van der Waals surface area contributed by atoms with Crippen LogP contribution >= 0.6 is 11.3 Å². The summed E-state index contributed by atoms with van der Waals surface area (Å²) in [5, 5.41) is 6.29. The first-order chi connectivity index (χ1) is 12.4. The van der Waals surface area contributed by atoms with Gasteiger partial charge in [0.2, 0.25) is 0 Å². The highest BCUT2D eigenvalue weighted by atomic mass is 32.1. The van der Waals surface area contributed by atoms with Gasteiger partial charge in [0.25, 0.3) is 0 Å². The molecular weight excluding hydrogens is 363 g/mol. The summed E-state index contributed by atoms with van der Waals surface area (Å²) in [4.78, 5) is 14.0. The average Bonchev–Trinajstić information content (AvgIpc) is 3.08. The first-order valence-electron chi connectivity index (χ1n) is 8.68. The maximum atomic E-state index is 12.7. The molecule has 2 fully saturated rings. The van der Waals surface area contributed by atoms with E-state index in [9.17, 15) is 13.2 Å². The molecule has 2 aliphatic rings. The first kappa shape index (κ1) is 17.7. The second-order valence-electron chi connectivity index (χ2n) is 7.24. The number of likely N-dealkylation sites (tertiary alicyclic amines) is 1. The lowest BCUT2D eigenvalue weighted by molar-refractivity contribution is -0.141. The third-order valence-corrected chi connectivity index (χ3v) is 6.19. The van der Waals surface area contributed by atoms with Crippen molar-refractivity contribution in [2.45, 2.75) is 44.4 Å². The van der Waals surface area contributed by atoms with Gasteiger partial charge in [0, 0.05) is 23.7 Å². The van der Waals surface area contributed by atoms with Crippen LogP contribution in [0.1, 0.15) is 36.4 Å². The van der Waals surface area contributed by atoms with Gasteiger partial charge in [-0.2, -0.15) is 13.2 Å². The predicted molar refractivity (Wildman–Crippen MR) is 92.7 cm³/mol. The van der Waals surface area contributed by atoms with E-state index in [1.807, 2.05) is 11.6 Å². The summed E-state index contributed by atoms with van der Waals surface area (Å²) in [6.45, 7) is 3.02. The van der Waals surface area contributed by atoms with E-state index < -0.39 is 11.9 Å². The van der Waals surface area contributed by atoms with E-state index in [1.54, 1.807) is 11.3 Å². The molecule has 2 aromatic heterocycles. The number of halogens is 3. The molecule has 1 saturated carbocycles. The van der Waals surface area contributed by atoms with Gasteiger partial charge in [0.05, 0.1) is 6.54 Å². The van der Waals surface area contributed by atoms with Crippen molar-refractivity contribution in [1.29, 1.82) is 0 Å². The average molecular weight is 383 g/mol. The number of rotatable bonds is 4. The van der Waals surface area contributed by atoms with Crippen molar-refractivity contribution in [2.75, 3.05) is 18.4 Å². The van der Waals surface area contributed by atoms with Gasteiger partial charge in [0.1, 0.15) is 22.8 Å². The molecule has 26 heavy (non-hydrogen) atoms. The molecule has 140 valence electrons. The number of piperidine rings is 1. The molecule has 0 bridgehead atoms. The smallest absolute Gasteiger partial charge is 0.367 e. The summed E-state index contributed by atoms with van der Waals surface area (Å²) in [7, 11) is 0. The number of hydrogen-bond donors (Lipinski definition) is 1. The molecule has 0 radical (unpaired) electrons. The highest BCUT2D eigenvalue weighted by Crippen LogP contribution is 2.50. The number of alkyl halides is 3. The van der Waals surface area contributed by atoms with Gasteiger partial charge in [0.15, 0.2) is 0 Å². The fourth-order valence-corrected chi connectivity index (χ4v) is 4.66. The van der Waals surface area contributed by atoms with E-state index in [0.717, 1.165) is 62.7 Å². The van der Waals surface area contributed by atoms with Crippen molar-refractivity contribution < 1.29 is 13.2 Å². The lowest BCUT2D eigenvalue weighted by Crippen LogP contribution is -2.51. The summed E-state index contributed by atoms with van der Waals surface area (Å²) in [6, 6.07) is 1.18. The maximum Gasteiger partial charge on any atom is 0.433 e. The Morgan fingerprint density at radius 2 is 1.96 bits per heavy atom. The lowest BCUT2D eigenvalue weighted by Gasteiger charge is -2.52. The van der Waals surface area contributed by atoms with Crippen LogP contribution in [0.15, 0.2) is 24.0 Å². The molecule has 0 aromatic carbocycles. The molecular formula is C17H20F3N5S. The minimum atomic E-state index is -4.44. The van der Waals surface area contributed by atoms with Crippen molar-refractivity contribution in [3.05, 3.63) is 34.7 Å². The molecule has 9 heteroatoms.